The first-order chi connectivity index (χ1) is 7.45. The average molecular weight is 389 g/mol. The molecule has 0 saturated heterocycles. The van der Waals surface area contributed by atoms with Crippen molar-refractivity contribution < 1.29 is 0 Å². The zero-order chi connectivity index (χ0) is 10.3. The molecule has 0 aliphatic rings. The van der Waals surface area contributed by atoms with Gasteiger partial charge in [-0.3, -0.25) is 0 Å². The van der Waals surface area contributed by atoms with E-state index < -0.39 is 24.2 Å². The molecule has 0 amide bonds. The second-order valence-electron chi connectivity index (χ2n) is 3.57. The first-order valence-corrected chi connectivity index (χ1v) is 10.7. The third kappa shape index (κ3) is 3.78. The average Bonchev–Trinajstić information content (AvgIpc) is 2.32. The Kier molecular flexibility index (Phi) is 4.39. The molecule has 0 unspecified atom stereocenters. The third-order valence-electron chi connectivity index (χ3n) is 2.34. The first-order valence-electron chi connectivity index (χ1n) is 5.24. The Hall–Kier alpha value is -0.638. The van der Waals surface area contributed by atoms with Crippen molar-refractivity contribution in [1.29, 1.82) is 0 Å². The van der Waals surface area contributed by atoms with Crippen LogP contribution < -0.4 is 0 Å². The zero-order valence-electron chi connectivity index (χ0n) is 8.69. The van der Waals surface area contributed by atoms with Crippen LogP contribution in [0.25, 0.3) is 0 Å². The summed E-state index contributed by atoms with van der Waals surface area (Å²) < 4.78 is 2.74. The van der Waals surface area contributed by atoms with Crippen molar-refractivity contribution in [3.63, 3.8) is 0 Å². The van der Waals surface area contributed by atoms with Crippen LogP contribution in [0.4, 0.5) is 0 Å². The number of hydrogen-bond acceptors (Lipinski definition) is 0. The van der Waals surface area contributed by atoms with Gasteiger partial charge >= 0.3 is 104 Å². The van der Waals surface area contributed by atoms with Gasteiger partial charge in [-0.05, 0) is 0 Å². The predicted molar refractivity (Wildman–Crippen MR) is 66.0 cm³/mol. The van der Waals surface area contributed by atoms with Crippen molar-refractivity contribution in [2.24, 2.45) is 0 Å². The van der Waals surface area contributed by atoms with E-state index in [4.69, 9.17) is 0 Å². The molecule has 0 fully saturated rings. The summed E-state index contributed by atoms with van der Waals surface area (Å²) in [5.41, 5.74) is 3.05. The van der Waals surface area contributed by atoms with E-state index in [1.54, 1.807) is 0 Å². The summed E-state index contributed by atoms with van der Waals surface area (Å²) in [6, 6.07) is 21.7. The van der Waals surface area contributed by atoms with Crippen LogP contribution in [-0.4, -0.2) is 24.2 Å². The van der Waals surface area contributed by atoms with Gasteiger partial charge in [-0.15, -0.1) is 0 Å². The molecule has 0 aliphatic heterocycles. The van der Waals surface area contributed by atoms with Crippen LogP contribution in [-0.2, 0) is 7.96 Å². The summed E-state index contributed by atoms with van der Waals surface area (Å²) >= 11 is -0.471. The van der Waals surface area contributed by atoms with Crippen LogP contribution in [0.5, 0.6) is 0 Å². The first kappa shape index (κ1) is 10.9. The van der Waals surface area contributed by atoms with Crippen molar-refractivity contribution >= 4 is 24.2 Å². The van der Waals surface area contributed by atoms with Crippen molar-refractivity contribution in [2.45, 2.75) is 7.96 Å². The zero-order valence-corrected chi connectivity index (χ0v) is 12.6. The van der Waals surface area contributed by atoms with E-state index in [9.17, 15) is 0 Å². The topological polar surface area (TPSA) is 0 Å². The van der Waals surface area contributed by atoms with Gasteiger partial charge in [0.25, 0.3) is 0 Å². The maximum atomic E-state index is 2.25. The fourth-order valence-corrected chi connectivity index (χ4v) is 6.11. The molecule has 2 aromatic rings. The Morgan fingerprint density at radius 1 is 0.600 bits per heavy atom. The van der Waals surface area contributed by atoms with Gasteiger partial charge in [0.1, 0.15) is 0 Å². The van der Waals surface area contributed by atoms with Gasteiger partial charge in [-0.25, -0.2) is 0 Å². The molecule has 1 heteroatoms. The van der Waals surface area contributed by atoms with Crippen molar-refractivity contribution in [3.05, 3.63) is 71.8 Å². The second kappa shape index (κ2) is 6.06. The number of hydrogen-bond donors (Lipinski definition) is 0. The molecular weight excluding hydrogens is 375 g/mol. The molecule has 0 heterocycles. The Labute approximate surface area is 104 Å². The molecule has 0 N–H and O–H groups in total. The van der Waals surface area contributed by atoms with Gasteiger partial charge in [-0.2, -0.15) is 0 Å². The number of rotatable bonds is 4. The van der Waals surface area contributed by atoms with E-state index in [1.165, 1.54) is 19.1 Å². The molecule has 0 aliphatic carbocycles. The molecule has 0 nitrogen and oxygen atoms in total. The molecule has 2 rings (SSSR count). The van der Waals surface area contributed by atoms with E-state index in [1.807, 2.05) is 0 Å². The van der Waals surface area contributed by atoms with Gasteiger partial charge in [0, 0.05) is 0 Å². The Balaban J connectivity index is 1.81. The van der Waals surface area contributed by atoms with E-state index in [-0.39, 0.29) is 0 Å². The summed E-state index contributed by atoms with van der Waals surface area (Å²) in [6.07, 6.45) is 0. The minimum atomic E-state index is -0.471. The van der Waals surface area contributed by atoms with E-state index in [0.717, 1.165) is 0 Å². The fourth-order valence-electron chi connectivity index (χ4n) is 1.54. The van der Waals surface area contributed by atoms with E-state index >= 15 is 0 Å². The van der Waals surface area contributed by atoms with Crippen molar-refractivity contribution in [1.82, 2.24) is 0 Å². The fraction of sp³-hybridized carbons (Fsp3) is 0.143. The van der Waals surface area contributed by atoms with Crippen LogP contribution >= 0.6 is 0 Å². The second-order valence-corrected chi connectivity index (χ2v) is 8.27. The Morgan fingerprint density at radius 2 is 1.00 bits per heavy atom. The standard InChI is InChI=1S/2C7H7.Pb/c2*1-7-5-3-2-4-6-7;/h2*2-6H,1H2;. The minimum absolute atomic E-state index is 0.471. The SMILES string of the molecule is c1ccc([CH2][Pb][CH2]c2ccccc2)cc1. The molecule has 2 radical (unpaired) electrons. The Morgan fingerprint density at radius 3 is 1.40 bits per heavy atom. The maximum absolute atomic E-state index is 2.25. The Bertz CT molecular complexity index is 341. The molecular formula is C14H14Pb. The van der Waals surface area contributed by atoms with Gasteiger partial charge in [0.15, 0.2) is 0 Å². The predicted octanol–water partition coefficient (Wildman–Crippen LogP) is 3.09. The van der Waals surface area contributed by atoms with Crippen LogP contribution in [0, 0.1) is 0 Å². The van der Waals surface area contributed by atoms with Gasteiger partial charge in [0.05, 0.1) is 0 Å². The molecule has 74 valence electrons. The summed E-state index contributed by atoms with van der Waals surface area (Å²) in [5, 5.41) is 0. The van der Waals surface area contributed by atoms with Gasteiger partial charge < -0.3 is 0 Å². The van der Waals surface area contributed by atoms with Gasteiger partial charge in [0.2, 0.25) is 0 Å². The molecule has 0 saturated carbocycles. The van der Waals surface area contributed by atoms with Crippen molar-refractivity contribution in [2.75, 3.05) is 0 Å². The summed E-state index contributed by atoms with van der Waals surface area (Å²) in [7, 11) is 0. The summed E-state index contributed by atoms with van der Waals surface area (Å²) in [5.74, 6) is 0. The van der Waals surface area contributed by atoms with Crippen LogP contribution in [0.2, 0.25) is 0 Å². The van der Waals surface area contributed by atoms with Crippen LogP contribution in [0.15, 0.2) is 60.7 Å². The van der Waals surface area contributed by atoms with E-state index in [0.29, 0.717) is 0 Å². The molecule has 0 atom stereocenters. The molecule has 0 spiro atoms. The van der Waals surface area contributed by atoms with Crippen LogP contribution in [0.1, 0.15) is 11.1 Å². The van der Waals surface area contributed by atoms with Crippen molar-refractivity contribution in [3.8, 4) is 0 Å². The summed E-state index contributed by atoms with van der Waals surface area (Å²) in [4.78, 5) is 0. The van der Waals surface area contributed by atoms with Gasteiger partial charge in [-0.1, -0.05) is 0 Å². The van der Waals surface area contributed by atoms with Crippen LogP contribution in [0.3, 0.4) is 0 Å². The number of benzene rings is 2. The third-order valence-corrected chi connectivity index (χ3v) is 7.46. The normalized spacial score (nSPS) is 10.1. The molecule has 0 aromatic heterocycles. The monoisotopic (exact) mass is 390 g/mol. The molecule has 15 heavy (non-hydrogen) atoms. The molecule has 2 aromatic carbocycles. The summed E-state index contributed by atoms with van der Waals surface area (Å²) in [6.45, 7) is 0. The molecule has 0 bridgehead atoms. The quantitative estimate of drug-likeness (QED) is 0.705. The van der Waals surface area contributed by atoms with E-state index in [2.05, 4.69) is 60.7 Å².